The van der Waals surface area contributed by atoms with Crippen LogP contribution in [0.2, 0.25) is 18.1 Å². The largest absolute Gasteiger partial charge is 0.399 e. The third kappa shape index (κ3) is 3.10. The van der Waals surface area contributed by atoms with Gasteiger partial charge in [-0.05, 0) is 38.9 Å². The molecule has 0 aromatic heterocycles. The fourth-order valence-corrected chi connectivity index (χ4v) is 4.84. The van der Waals surface area contributed by atoms with Crippen molar-refractivity contribution in [1.29, 1.82) is 0 Å². The second-order valence-corrected chi connectivity index (χ2v) is 9.77. The van der Waals surface area contributed by atoms with Crippen LogP contribution in [0.1, 0.15) is 41.5 Å². The molecule has 16 heavy (non-hydrogen) atoms. The summed E-state index contributed by atoms with van der Waals surface area (Å²) in [5.41, 5.74) is -1.90. The summed E-state index contributed by atoms with van der Waals surface area (Å²) in [4.78, 5) is 0. The van der Waals surface area contributed by atoms with Crippen LogP contribution >= 0.6 is 0 Å². The van der Waals surface area contributed by atoms with Crippen LogP contribution in [-0.2, 0) is 4.43 Å². The molecule has 0 radical (unpaired) electrons. The first-order chi connectivity index (χ1) is 7.20. The van der Waals surface area contributed by atoms with Gasteiger partial charge in [0.25, 0.3) is 0 Å². The summed E-state index contributed by atoms with van der Waals surface area (Å²) in [5, 5.41) is 10.1. The van der Waals surface area contributed by atoms with Crippen molar-refractivity contribution in [2.75, 3.05) is 0 Å². The highest BCUT2D eigenvalue weighted by atomic mass is 28.4. The summed E-state index contributed by atoms with van der Waals surface area (Å²) in [7, 11) is -1.79. The minimum absolute atomic E-state index is 0.888. The van der Waals surface area contributed by atoms with Crippen molar-refractivity contribution in [1.82, 2.24) is 0 Å². The normalized spacial score (nSPS) is 16.6. The summed E-state index contributed by atoms with van der Waals surface area (Å²) in [5.74, 6) is 2.64. The molecule has 1 atom stereocenters. The SMILES string of the molecule is C#C[C@@](C)(O[Si](CC)(CC)CC)C(C)(C)O. The molecule has 3 heteroatoms. The lowest BCUT2D eigenvalue weighted by atomic mass is 9.89. The first kappa shape index (κ1) is 15.7. The highest BCUT2D eigenvalue weighted by molar-refractivity contribution is 6.73. The van der Waals surface area contributed by atoms with E-state index in [9.17, 15) is 5.11 Å². The van der Waals surface area contributed by atoms with Crippen LogP contribution in [0.5, 0.6) is 0 Å². The van der Waals surface area contributed by atoms with Crippen LogP contribution in [-0.4, -0.2) is 24.6 Å². The van der Waals surface area contributed by atoms with Gasteiger partial charge in [0.1, 0.15) is 5.60 Å². The van der Waals surface area contributed by atoms with Gasteiger partial charge in [-0.3, -0.25) is 0 Å². The molecule has 0 aromatic carbocycles. The number of aliphatic hydroxyl groups is 1. The Morgan fingerprint density at radius 1 is 1.12 bits per heavy atom. The van der Waals surface area contributed by atoms with Gasteiger partial charge >= 0.3 is 0 Å². The van der Waals surface area contributed by atoms with E-state index in [0.29, 0.717) is 0 Å². The van der Waals surface area contributed by atoms with E-state index >= 15 is 0 Å². The molecular weight excluding hydrogens is 216 g/mol. The van der Waals surface area contributed by atoms with Gasteiger partial charge < -0.3 is 9.53 Å². The van der Waals surface area contributed by atoms with Crippen LogP contribution in [0.3, 0.4) is 0 Å². The number of hydrogen-bond donors (Lipinski definition) is 1. The van der Waals surface area contributed by atoms with E-state index in [1.165, 1.54) is 0 Å². The van der Waals surface area contributed by atoms with Gasteiger partial charge in [-0.1, -0.05) is 26.7 Å². The Balaban J connectivity index is 5.12. The minimum atomic E-state index is -1.79. The van der Waals surface area contributed by atoms with Crippen molar-refractivity contribution in [2.45, 2.75) is 70.9 Å². The summed E-state index contributed by atoms with van der Waals surface area (Å²) in [6.45, 7) is 11.7. The van der Waals surface area contributed by atoms with Gasteiger partial charge in [0.15, 0.2) is 8.32 Å². The summed E-state index contributed by atoms with van der Waals surface area (Å²) < 4.78 is 6.24. The average molecular weight is 242 g/mol. The minimum Gasteiger partial charge on any atom is -0.399 e. The zero-order valence-corrected chi connectivity index (χ0v) is 12.6. The Morgan fingerprint density at radius 2 is 1.50 bits per heavy atom. The second-order valence-electron chi connectivity index (χ2n) is 5.08. The maximum absolute atomic E-state index is 10.1. The zero-order chi connectivity index (χ0) is 13.0. The predicted molar refractivity (Wildman–Crippen MR) is 71.8 cm³/mol. The molecular formula is C13H26O2Si. The lowest BCUT2D eigenvalue weighted by Gasteiger charge is -2.43. The molecule has 0 bridgehead atoms. The maximum Gasteiger partial charge on any atom is 0.194 e. The van der Waals surface area contributed by atoms with E-state index in [0.717, 1.165) is 18.1 Å². The zero-order valence-electron chi connectivity index (χ0n) is 11.6. The third-order valence-corrected chi connectivity index (χ3v) is 8.50. The van der Waals surface area contributed by atoms with Crippen molar-refractivity contribution in [2.24, 2.45) is 0 Å². The van der Waals surface area contributed by atoms with Gasteiger partial charge in [-0.2, -0.15) is 0 Å². The molecule has 0 rings (SSSR count). The molecule has 1 N–H and O–H groups in total. The quantitative estimate of drug-likeness (QED) is 0.572. The van der Waals surface area contributed by atoms with Gasteiger partial charge in [-0.25, -0.2) is 0 Å². The van der Waals surface area contributed by atoms with Gasteiger partial charge in [0.05, 0.1) is 5.60 Å². The van der Waals surface area contributed by atoms with Crippen molar-refractivity contribution in [3.63, 3.8) is 0 Å². The fourth-order valence-electron chi connectivity index (χ4n) is 1.73. The third-order valence-electron chi connectivity index (χ3n) is 3.80. The molecule has 0 aliphatic rings. The van der Waals surface area contributed by atoms with Gasteiger partial charge in [0.2, 0.25) is 0 Å². The van der Waals surface area contributed by atoms with E-state index in [4.69, 9.17) is 10.8 Å². The molecule has 2 nitrogen and oxygen atoms in total. The second kappa shape index (κ2) is 5.35. The Morgan fingerprint density at radius 3 is 1.69 bits per heavy atom. The number of hydrogen-bond acceptors (Lipinski definition) is 2. The lowest BCUT2D eigenvalue weighted by molar-refractivity contribution is -0.0726. The van der Waals surface area contributed by atoms with Crippen LogP contribution in [0.15, 0.2) is 0 Å². The Bertz CT molecular complexity index is 250. The molecule has 0 unspecified atom stereocenters. The van der Waals surface area contributed by atoms with Crippen molar-refractivity contribution < 1.29 is 9.53 Å². The number of rotatable bonds is 6. The van der Waals surface area contributed by atoms with E-state index in [1.807, 2.05) is 6.92 Å². The molecule has 0 spiro atoms. The summed E-state index contributed by atoms with van der Waals surface area (Å²) in [6.07, 6.45) is 5.55. The monoisotopic (exact) mass is 242 g/mol. The van der Waals surface area contributed by atoms with E-state index in [1.54, 1.807) is 13.8 Å². The molecule has 0 saturated carbocycles. The molecule has 0 aliphatic heterocycles. The van der Waals surface area contributed by atoms with Crippen LogP contribution < -0.4 is 0 Å². The standard InChI is InChI=1S/C13H26O2Si/c1-8-13(7,12(5,6)14)15-16(9-2,10-3)11-4/h1,14H,9-11H2,2-7H3/t13-/m1/s1. The molecule has 0 fully saturated rings. The Hall–Kier alpha value is -0.303. The number of terminal acetylenes is 1. The summed E-state index contributed by atoms with van der Waals surface area (Å²) in [6, 6.07) is 3.11. The summed E-state index contributed by atoms with van der Waals surface area (Å²) >= 11 is 0. The molecule has 0 aliphatic carbocycles. The predicted octanol–water partition coefficient (Wildman–Crippen LogP) is 3.17. The first-order valence-corrected chi connectivity index (χ1v) is 8.63. The molecule has 0 aromatic rings. The molecule has 94 valence electrons. The van der Waals surface area contributed by atoms with Gasteiger partial charge in [-0.15, -0.1) is 6.42 Å². The van der Waals surface area contributed by atoms with E-state index in [2.05, 4.69) is 26.7 Å². The van der Waals surface area contributed by atoms with Gasteiger partial charge in [0, 0.05) is 0 Å². The highest BCUT2D eigenvalue weighted by Crippen LogP contribution is 2.33. The highest BCUT2D eigenvalue weighted by Gasteiger charge is 2.45. The van der Waals surface area contributed by atoms with Crippen molar-refractivity contribution >= 4 is 8.32 Å². The fraction of sp³-hybridized carbons (Fsp3) is 0.846. The van der Waals surface area contributed by atoms with Crippen molar-refractivity contribution in [3.05, 3.63) is 0 Å². The van der Waals surface area contributed by atoms with Crippen molar-refractivity contribution in [3.8, 4) is 12.3 Å². The first-order valence-electron chi connectivity index (χ1n) is 6.10. The lowest BCUT2D eigenvalue weighted by Crippen LogP contribution is -2.55. The topological polar surface area (TPSA) is 29.5 Å². The van der Waals surface area contributed by atoms with Crippen LogP contribution in [0, 0.1) is 12.3 Å². The van der Waals surface area contributed by atoms with E-state index in [-0.39, 0.29) is 0 Å². The Kier molecular flexibility index (Phi) is 5.25. The maximum atomic E-state index is 10.1. The van der Waals surface area contributed by atoms with Crippen LogP contribution in [0.4, 0.5) is 0 Å². The van der Waals surface area contributed by atoms with E-state index < -0.39 is 19.5 Å². The molecule has 0 heterocycles. The van der Waals surface area contributed by atoms with Crippen LogP contribution in [0.25, 0.3) is 0 Å². The molecule has 0 saturated heterocycles. The smallest absolute Gasteiger partial charge is 0.194 e. The average Bonchev–Trinajstić information content (AvgIpc) is 2.24. The molecule has 0 amide bonds. The Labute approximate surface area is 102 Å².